The van der Waals surface area contributed by atoms with Gasteiger partial charge in [0, 0.05) is 27.4 Å². The van der Waals surface area contributed by atoms with Gasteiger partial charge in [-0.25, -0.2) is 8.78 Å². The van der Waals surface area contributed by atoms with Gasteiger partial charge in [-0.15, -0.1) is 0 Å². The van der Waals surface area contributed by atoms with E-state index in [1.165, 1.54) is 44.2 Å². The van der Waals surface area contributed by atoms with E-state index in [2.05, 4.69) is 21.2 Å². The van der Waals surface area contributed by atoms with Gasteiger partial charge in [0.25, 0.3) is 5.56 Å². The third-order valence-corrected chi connectivity index (χ3v) is 8.27. The monoisotopic (exact) mass is 736 g/mol. The molecule has 0 aliphatic heterocycles. The summed E-state index contributed by atoms with van der Waals surface area (Å²) < 4.78 is 82.9. The van der Waals surface area contributed by atoms with E-state index in [1.54, 1.807) is 19.1 Å². The highest BCUT2D eigenvalue weighted by Crippen LogP contribution is 2.38. The van der Waals surface area contributed by atoms with Gasteiger partial charge < -0.3 is 19.9 Å². The van der Waals surface area contributed by atoms with Gasteiger partial charge in [-0.2, -0.15) is 13.2 Å². The van der Waals surface area contributed by atoms with Crippen LogP contribution in [0.2, 0.25) is 0 Å². The number of pyridine rings is 1. The number of halogens is 6. The molecule has 8 nitrogen and oxygen atoms in total. The first-order valence-corrected chi connectivity index (χ1v) is 15.2. The van der Waals surface area contributed by atoms with Crippen LogP contribution in [0.3, 0.4) is 0 Å². The first kappa shape index (κ1) is 36.1. The number of alkyl halides is 3. The number of amides is 1. The molecule has 0 aliphatic rings. The van der Waals surface area contributed by atoms with E-state index in [0.29, 0.717) is 33.5 Å². The first-order valence-electron chi connectivity index (χ1n) is 14.5. The minimum Gasteiger partial charge on any atom is -0.507 e. The Kier molecular flexibility index (Phi) is 11.0. The normalized spacial score (nSPS) is 12.7. The second kappa shape index (κ2) is 14.6. The second-order valence-corrected chi connectivity index (χ2v) is 11.6. The summed E-state index contributed by atoms with van der Waals surface area (Å²) in [6.45, 7) is 4.64. The van der Waals surface area contributed by atoms with Crippen LogP contribution in [-0.4, -0.2) is 35.3 Å². The van der Waals surface area contributed by atoms with Crippen LogP contribution in [0.5, 0.6) is 11.5 Å². The fourth-order valence-corrected chi connectivity index (χ4v) is 5.98. The quantitative estimate of drug-likeness (QED) is 0.131. The summed E-state index contributed by atoms with van der Waals surface area (Å²) >= 11 is 3.16. The van der Waals surface area contributed by atoms with Crippen molar-refractivity contribution in [2.24, 2.45) is 0 Å². The van der Waals surface area contributed by atoms with E-state index in [-0.39, 0.29) is 28.0 Å². The van der Waals surface area contributed by atoms with Crippen molar-refractivity contribution < 1.29 is 46.1 Å². The van der Waals surface area contributed by atoms with Crippen LogP contribution in [0.25, 0.3) is 11.1 Å². The number of rotatable bonds is 10. The van der Waals surface area contributed by atoms with Gasteiger partial charge in [-0.1, -0.05) is 34.1 Å². The molecule has 1 heterocycles. The Labute approximate surface area is 280 Å². The van der Waals surface area contributed by atoms with Crippen molar-refractivity contribution in [1.29, 1.82) is 0 Å². The first-order chi connectivity index (χ1) is 22.6. The topological polar surface area (TPSA) is 107 Å². The molecule has 14 heteroatoms. The number of methoxy groups -OCH3 is 1. The van der Waals surface area contributed by atoms with Crippen LogP contribution < -0.4 is 15.6 Å². The number of nitrogens with one attached hydrogen (secondary N) is 1. The van der Waals surface area contributed by atoms with E-state index in [1.807, 2.05) is 0 Å². The molecule has 48 heavy (non-hydrogen) atoms. The number of aromatic hydroxyl groups is 1. The summed E-state index contributed by atoms with van der Waals surface area (Å²) in [5.74, 6) is -5.11. The summed E-state index contributed by atoms with van der Waals surface area (Å²) in [5, 5.41) is 13.1. The smallest absolute Gasteiger partial charge is 0.420 e. The Morgan fingerprint density at radius 2 is 1.73 bits per heavy atom. The van der Waals surface area contributed by atoms with E-state index >= 15 is 8.78 Å². The number of hydrogen-bond acceptors (Lipinski definition) is 6. The molecule has 0 saturated heterocycles. The summed E-state index contributed by atoms with van der Waals surface area (Å²) in [7, 11) is 0.837. The Morgan fingerprint density at radius 1 is 1.04 bits per heavy atom. The predicted molar refractivity (Wildman–Crippen MR) is 170 cm³/mol. The third-order valence-electron chi connectivity index (χ3n) is 7.57. The van der Waals surface area contributed by atoms with Gasteiger partial charge in [0.1, 0.15) is 29.0 Å². The number of esters is 1. The number of phenolic OH excluding ortho intramolecular Hbond substituents is 1. The molecule has 2 N–H and O–H groups in total. The van der Waals surface area contributed by atoms with Crippen molar-refractivity contribution in [3.05, 3.63) is 115 Å². The average molecular weight is 738 g/mol. The summed E-state index contributed by atoms with van der Waals surface area (Å²) in [6.07, 6.45) is -4.96. The van der Waals surface area contributed by atoms with Gasteiger partial charge >= 0.3 is 12.1 Å². The molecule has 2 atom stereocenters. The molecular formula is C34H30BrF5N2O6. The van der Waals surface area contributed by atoms with Crippen LogP contribution in [0.1, 0.15) is 53.2 Å². The van der Waals surface area contributed by atoms with Gasteiger partial charge in [-0.05, 0) is 73.9 Å². The largest absolute Gasteiger partial charge is 0.507 e. The van der Waals surface area contributed by atoms with Crippen molar-refractivity contribution in [1.82, 2.24) is 9.88 Å². The highest BCUT2D eigenvalue weighted by atomic mass is 79.9. The SMILES string of the molecule is CCOC(=O)C[C@H](NC(=O)C(c1c(F)cccc1Br)n1ccc(C(F)(F)F)c(OC)c1=O)c1cc(-c2c(C)cccc2O)cc(C)c1F. The minimum atomic E-state index is -5.00. The molecule has 4 aromatic rings. The molecule has 1 unspecified atom stereocenters. The lowest BCUT2D eigenvalue weighted by Crippen LogP contribution is -2.41. The molecule has 0 bridgehead atoms. The van der Waals surface area contributed by atoms with Gasteiger partial charge in [0.2, 0.25) is 5.91 Å². The molecule has 0 fully saturated rings. The average Bonchev–Trinajstić information content (AvgIpc) is 3.00. The van der Waals surface area contributed by atoms with E-state index in [0.717, 1.165) is 13.2 Å². The summed E-state index contributed by atoms with van der Waals surface area (Å²) in [4.78, 5) is 40.5. The molecule has 1 amide bonds. The lowest BCUT2D eigenvalue weighted by atomic mass is 9.92. The van der Waals surface area contributed by atoms with E-state index in [4.69, 9.17) is 9.47 Å². The lowest BCUT2D eigenvalue weighted by molar-refractivity contribution is -0.144. The van der Waals surface area contributed by atoms with Crippen LogP contribution >= 0.6 is 15.9 Å². The van der Waals surface area contributed by atoms with Crippen molar-refractivity contribution in [2.45, 2.75) is 45.5 Å². The minimum absolute atomic E-state index is 0.0191. The number of carbonyl (C=O) groups is 2. The zero-order chi connectivity index (χ0) is 35.5. The van der Waals surface area contributed by atoms with Gasteiger partial charge in [-0.3, -0.25) is 19.0 Å². The Bertz CT molecular complexity index is 1890. The van der Waals surface area contributed by atoms with Crippen molar-refractivity contribution in [3.8, 4) is 22.6 Å². The maximum absolute atomic E-state index is 15.9. The van der Waals surface area contributed by atoms with E-state index in [9.17, 15) is 32.7 Å². The van der Waals surface area contributed by atoms with Gasteiger partial charge in [0.15, 0.2) is 5.75 Å². The Balaban J connectivity index is 1.94. The number of aromatic nitrogens is 1. The number of carbonyl (C=O) groups excluding carboxylic acids is 2. The number of aryl methyl sites for hydroxylation is 2. The standard InChI is InChI=1S/C34H30BrF5N2O6/c1-5-48-26(44)16-24(20-15-19(14-18(3)29(20)37)27-17(2)8-6-11-25(27)43)41-32(45)30(28-22(35)9-7-10-23(28)36)42-13-12-21(34(38,39)40)31(47-4)33(42)46/h6-15,24,30,43H,5,16H2,1-4H3,(H,41,45)/t24-,30?/m0/s1. The van der Waals surface area contributed by atoms with Crippen molar-refractivity contribution in [3.63, 3.8) is 0 Å². The molecule has 254 valence electrons. The summed E-state index contributed by atoms with van der Waals surface area (Å²) in [5.41, 5.74) is -2.06. The zero-order valence-electron chi connectivity index (χ0n) is 26.0. The van der Waals surface area contributed by atoms with Crippen LogP contribution in [0.15, 0.2) is 70.1 Å². The molecule has 4 rings (SSSR count). The molecule has 1 aromatic heterocycles. The number of hydrogen-bond donors (Lipinski definition) is 2. The van der Waals surface area contributed by atoms with Crippen LogP contribution in [-0.2, 0) is 20.5 Å². The van der Waals surface area contributed by atoms with Crippen LogP contribution in [0, 0.1) is 25.5 Å². The summed E-state index contributed by atoms with van der Waals surface area (Å²) in [6, 6.07) is 8.22. The third kappa shape index (κ3) is 7.38. The zero-order valence-corrected chi connectivity index (χ0v) is 27.6. The highest BCUT2D eigenvalue weighted by molar-refractivity contribution is 9.10. The highest BCUT2D eigenvalue weighted by Gasteiger charge is 2.39. The number of nitrogens with zero attached hydrogens (tertiary/aromatic N) is 1. The number of ether oxygens (including phenoxy) is 2. The van der Waals surface area contributed by atoms with Gasteiger partial charge in [0.05, 0.1) is 26.2 Å². The molecule has 0 radical (unpaired) electrons. The second-order valence-electron chi connectivity index (χ2n) is 10.7. The fourth-order valence-electron chi connectivity index (χ4n) is 5.42. The predicted octanol–water partition coefficient (Wildman–Crippen LogP) is 7.31. The molecule has 0 spiro atoms. The Morgan fingerprint density at radius 3 is 2.33 bits per heavy atom. The number of benzene rings is 3. The molecule has 3 aromatic carbocycles. The Hall–Kier alpha value is -4.72. The maximum Gasteiger partial charge on any atom is 0.420 e. The maximum atomic E-state index is 15.9. The van der Waals surface area contributed by atoms with E-state index < -0.39 is 70.6 Å². The molecule has 0 saturated carbocycles. The van der Waals surface area contributed by atoms with Crippen molar-refractivity contribution >= 4 is 27.8 Å². The molecule has 0 aliphatic carbocycles. The fraction of sp³-hybridized carbons (Fsp3) is 0.265. The number of phenols is 1. The lowest BCUT2D eigenvalue weighted by Gasteiger charge is -2.27. The molecular weight excluding hydrogens is 707 g/mol. The van der Waals surface area contributed by atoms with Crippen molar-refractivity contribution in [2.75, 3.05) is 13.7 Å². The van der Waals surface area contributed by atoms with Crippen LogP contribution in [0.4, 0.5) is 22.0 Å².